The first-order valence-corrected chi connectivity index (χ1v) is 10.9. The highest BCUT2D eigenvalue weighted by atomic mass is 16.5. The number of carbonyl (C=O) groups excluding carboxylic acids is 1. The number of hydrogen-bond acceptors (Lipinski definition) is 4. The summed E-state index contributed by atoms with van der Waals surface area (Å²) >= 11 is 0. The number of aromatic nitrogens is 2. The summed E-state index contributed by atoms with van der Waals surface area (Å²) in [6.07, 6.45) is 4.03. The summed E-state index contributed by atoms with van der Waals surface area (Å²) in [6.45, 7) is 12.3. The number of aryl methyl sites for hydroxylation is 2. The van der Waals surface area contributed by atoms with E-state index in [1.807, 2.05) is 0 Å². The SMILES string of the molecule is Cc1cc2nc3c(nc2cc1C)C1(C(=O)NCC2CCCO2)CCC3(C)C1(C)C. The minimum absolute atomic E-state index is 0.0953. The van der Waals surface area contributed by atoms with E-state index in [2.05, 4.69) is 52.1 Å². The molecule has 3 unspecified atom stereocenters. The Bertz CT molecular complexity index is 1020. The van der Waals surface area contributed by atoms with Gasteiger partial charge in [-0.3, -0.25) is 4.79 Å². The first-order chi connectivity index (χ1) is 13.7. The van der Waals surface area contributed by atoms with Crippen molar-refractivity contribution < 1.29 is 9.53 Å². The van der Waals surface area contributed by atoms with Crippen LogP contribution in [0.5, 0.6) is 0 Å². The van der Waals surface area contributed by atoms with Gasteiger partial charge in [-0.1, -0.05) is 20.8 Å². The molecule has 5 rings (SSSR count). The smallest absolute Gasteiger partial charge is 0.233 e. The monoisotopic (exact) mass is 393 g/mol. The Kier molecular flexibility index (Phi) is 3.93. The number of nitrogens with one attached hydrogen (secondary N) is 1. The lowest BCUT2D eigenvalue weighted by Crippen LogP contribution is -2.52. The molecular formula is C24H31N3O2. The lowest BCUT2D eigenvalue weighted by atomic mass is 9.63. The minimum atomic E-state index is -0.629. The molecule has 1 aliphatic heterocycles. The van der Waals surface area contributed by atoms with Crippen LogP contribution in [0.4, 0.5) is 0 Å². The first-order valence-electron chi connectivity index (χ1n) is 10.9. The van der Waals surface area contributed by atoms with Gasteiger partial charge in [0.05, 0.1) is 33.9 Å². The highest BCUT2D eigenvalue weighted by Crippen LogP contribution is 2.70. The normalized spacial score (nSPS) is 32.0. The van der Waals surface area contributed by atoms with Crippen molar-refractivity contribution in [2.24, 2.45) is 5.41 Å². The molecule has 2 aliphatic carbocycles. The van der Waals surface area contributed by atoms with E-state index in [1.54, 1.807) is 0 Å². The molecule has 5 nitrogen and oxygen atoms in total. The molecule has 1 saturated carbocycles. The van der Waals surface area contributed by atoms with Gasteiger partial charge in [0.15, 0.2) is 0 Å². The molecule has 29 heavy (non-hydrogen) atoms. The Labute approximate surface area is 172 Å². The van der Waals surface area contributed by atoms with Crippen molar-refractivity contribution in [1.82, 2.24) is 15.3 Å². The van der Waals surface area contributed by atoms with E-state index in [0.29, 0.717) is 6.54 Å². The molecular weight excluding hydrogens is 362 g/mol. The molecule has 1 aromatic heterocycles. The van der Waals surface area contributed by atoms with E-state index in [0.717, 1.165) is 54.7 Å². The van der Waals surface area contributed by atoms with Crippen LogP contribution in [0.1, 0.15) is 69.0 Å². The molecule has 1 aromatic carbocycles. The fraction of sp³-hybridized carbons (Fsp3) is 0.625. The standard InChI is InChI=1S/C24H31N3O2/c1-14-11-17-18(12-15(14)2)27-20-19(26-17)23(5)8-9-24(20,22(23,3)4)21(28)25-13-16-7-6-10-29-16/h11-12,16H,6-10,13H2,1-5H3,(H,25,28). The zero-order chi connectivity index (χ0) is 20.6. The molecule has 2 bridgehead atoms. The van der Waals surface area contributed by atoms with Crippen LogP contribution in [-0.4, -0.2) is 35.1 Å². The number of amides is 1. The van der Waals surface area contributed by atoms with Gasteiger partial charge in [-0.05, 0) is 68.2 Å². The summed E-state index contributed by atoms with van der Waals surface area (Å²) in [7, 11) is 0. The number of carbonyl (C=O) groups is 1. The van der Waals surface area contributed by atoms with Gasteiger partial charge in [-0.15, -0.1) is 0 Å². The van der Waals surface area contributed by atoms with Crippen molar-refractivity contribution >= 4 is 16.9 Å². The van der Waals surface area contributed by atoms with Crippen molar-refractivity contribution in [3.63, 3.8) is 0 Å². The molecule has 0 spiro atoms. The first kappa shape index (κ1) is 19.0. The summed E-state index contributed by atoms with van der Waals surface area (Å²) in [5, 5.41) is 3.24. The lowest BCUT2D eigenvalue weighted by Gasteiger charge is -2.39. The quantitative estimate of drug-likeness (QED) is 0.860. The van der Waals surface area contributed by atoms with Crippen LogP contribution in [0.3, 0.4) is 0 Å². The van der Waals surface area contributed by atoms with Crippen LogP contribution in [0, 0.1) is 19.3 Å². The summed E-state index contributed by atoms with van der Waals surface area (Å²) < 4.78 is 5.72. The highest BCUT2D eigenvalue weighted by Gasteiger charge is 2.73. The van der Waals surface area contributed by atoms with Gasteiger partial charge in [0.2, 0.25) is 5.91 Å². The number of nitrogens with zero attached hydrogens (tertiary/aromatic N) is 2. The van der Waals surface area contributed by atoms with Gasteiger partial charge >= 0.3 is 0 Å². The second kappa shape index (κ2) is 6.00. The van der Waals surface area contributed by atoms with E-state index in [-0.39, 0.29) is 22.8 Å². The van der Waals surface area contributed by atoms with E-state index < -0.39 is 5.41 Å². The zero-order valence-corrected chi connectivity index (χ0v) is 18.2. The van der Waals surface area contributed by atoms with E-state index in [9.17, 15) is 4.79 Å². The van der Waals surface area contributed by atoms with Crippen molar-refractivity contribution in [1.29, 1.82) is 0 Å². The van der Waals surface area contributed by atoms with Crippen LogP contribution in [0.15, 0.2) is 12.1 Å². The molecule has 3 atom stereocenters. The fourth-order valence-electron chi connectivity index (χ4n) is 6.02. The minimum Gasteiger partial charge on any atom is -0.376 e. The Morgan fingerprint density at radius 3 is 2.38 bits per heavy atom. The van der Waals surface area contributed by atoms with Crippen molar-refractivity contribution in [2.75, 3.05) is 13.2 Å². The largest absolute Gasteiger partial charge is 0.376 e. The highest BCUT2D eigenvalue weighted by molar-refractivity contribution is 5.93. The Balaban J connectivity index is 1.63. The van der Waals surface area contributed by atoms with E-state index in [4.69, 9.17) is 14.7 Å². The molecule has 2 heterocycles. The summed E-state index contributed by atoms with van der Waals surface area (Å²) in [4.78, 5) is 23.9. The molecule has 2 fully saturated rings. The van der Waals surface area contributed by atoms with Gasteiger partial charge in [0, 0.05) is 18.6 Å². The van der Waals surface area contributed by atoms with Gasteiger partial charge < -0.3 is 10.1 Å². The second-order valence-corrected chi connectivity index (χ2v) is 10.1. The van der Waals surface area contributed by atoms with Crippen LogP contribution >= 0.6 is 0 Å². The zero-order valence-electron chi connectivity index (χ0n) is 18.2. The van der Waals surface area contributed by atoms with E-state index in [1.165, 1.54) is 11.1 Å². The van der Waals surface area contributed by atoms with E-state index >= 15 is 0 Å². The molecule has 1 N–H and O–H groups in total. The van der Waals surface area contributed by atoms with Gasteiger partial charge in [-0.2, -0.15) is 0 Å². The molecule has 0 radical (unpaired) electrons. The van der Waals surface area contributed by atoms with Crippen LogP contribution in [0.25, 0.3) is 11.0 Å². The van der Waals surface area contributed by atoms with Crippen LogP contribution in [0.2, 0.25) is 0 Å². The lowest BCUT2D eigenvalue weighted by molar-refractivity contribution is -0.131. The fourth-order valence-corrected chi connectivity index (χ4v) is 6.02. The van der Waals surface area contributed by atoms with Crippen molar-refractivity contribution in [2.45, 2.75) is 77.2 Å². The van der Waals surface area contributed by atoms with Crippen molar-refractivity contribution in [3.05, 3.63) is 34.6 Å². The molecule has 3 aliphatic rings. The molecule has 1 amide bonds. The number of rotatable bonds is 3. The Morgan fingerprint density at radius 1 is 1.10 bits per heavy atom. The van der Waals surface area contributed by atoms with Gasteiger partial charge in [0.1, 0.15) is 0 Å². The maximum absolute atomic E-state index is 13.7. The Morgan fingerprint density at radius 2 is 1.76 bits per heavy atom. The third-order valence-corrected chi connectivity index (χ3v) is 8.55. The third-order valence-electron chi connectivity index (χ3n) is 8.55. The number of fused-ring (bicyclic) bond motifs is 6. The molecule has 1 saturated heterocycles. The topological polar surface area (TPSA) is 64.1 Å². The van der Waals surface area contributed by atoms with Gasteiger partial charge in [0.25, 0.3) is 0 Å². The average Bonchev–Trinajstić information content (AvgIpc) is 3.30. The average molecular weight is 394 g/mol. The molecule has 5 heteroatoms. The summed E-state index contributed by atoms with van der Waals surface area (Å²) in [6, 6.07) is 4.24. The number of hydrogen-bond donors (Lipinski definition) is 1. The maximum atomic E-state index is 13.7. The predicted octanol–water partition coefficient (Wildman–Crippen LogP) is 3.87. The Hall–Kier alpha value is -2.01. The summed E-state index contributed by atoms with van der Waals surface area (Å²) in [5.74, 6) is 0.0953. The summed E-state index contributed by atoms with van der Waals surface area (Å²) in [5.41, 5.74) is 5.16. The van der Waals surface area contributed by atoms with Gasteiger partial charge in [-0.25, -0.2) is 9.97 Å². The molecule has 2 aromatic rings. The van der Waals surface area contributed by atoms with Crippen molar-refractivity contribution in [3.8, 4) is 0 Å². The second-order valence-electron chi connectivity index (χ2n) is 10.1. The van der Waals surface area contributed by atoms with Crippen LogP contribution in [-0.2, 0) is 20.4 Å². The molecule has 154 valence electrons. The maximum Gasteiger partial charge on any atom is 0.233 e. The van der Waals surface area contributed by atoms with Crippen LogP contribution < -0.4 is 5.32 Å². The third kappa shape index (κ3) is 2.28. The number of benzene rings is 1. The number of ether oxygens (including phenoxy) is 1. The predicted molar refractivity (Wildman–Crippen MR) is 113 cm³/mol.